The van der Waals surface area contributed by atoms with Gasteiger partial charge in [0, 0.05) is 30.5 Å². The highest BCUT2D eigenvalue weighted by molar-refractivity contribution is 8.02. The number of carboxylic acid groups (broad SMARTS) is 1. The van der Waals surface area contributed by atoms with Gasteiger partial charge >= 0.3 is 5.97 Å². The minimum absolute atomic E-state index is 0.0195. The second-order valence-corrected chi connectivity index (χ2v) is 13.3. The van der Waals surface area contributed by atoms with Crippen LogP contribution in [-0.2, 0) is 14.4 Å². The number of amides is 2. The van der Waals surface area contributed by atoms with Crippen molar-refractivity contribution in [3.8, 4) is 0 Å². The molecule has 3 unspecified atom stereocenters. The Morgan fingerprint density at radius 3 is 2.45 bits per heavy atom. The van der Waals surface area contributed by atoms with Crippen LogP contribution < -0.4 is 0 Å². The molecule has 186 valence electrons. The molecule has 2 amide bonds. The molecule has 3 aliphatic heterocycles. The van der Waals surface area contributed by atoms with Crippen LogP contribution >= 0.6 is 11.8 Å². The molecule has 0 radical (unpaired) electrons. The first-order valence-corrected chi connectivity index (χ1v) is 12.8. The first-order valence-electron chi connectivity index (χ1n) is 12.0. The van der Waals surface area contributed by atoms with Gasteiger partial charge in [-0.25, -0.2) is 0 Å². The van der Waals surface area contributed by atoms with Crippen LogP contribution in [0.5, 0.6) is 0 Å². The third-order valence-electron chi connectivity index (χ3n) is 7.59. The van der Waals surface area contributed by atoms with Gasteiger partial charge in [-0.2, -0.15) is 0 Å². The predicted octanol–water partition coefficient (Wildman–Crippen LogP) is 3.02. The van der Waals surface area contributed by atoms with E-state index in [4.69, 9.17) is 0 Å². The van der Waals surface area contributed by atoms with Crippen molar-refractivity contribution in [2.45, 2.75) is 82.4 Å². The third kappa shape index (κ3) is 4.22. The van der Waals surface area contributed by atoms with Crippen LogP contribution in [0.4, 0.5) is 0 Å². The standard InChI is InChI=1S/C25H40N2O5S/c1-8-10-27(24(6,7)14-23(3,4)5)21(30)19-25-15(2)13-16(33-25)17(22(31)32)18(25)20(29)26(19)11-9-12-28/h8,15-19,28H,1,9-14H2,2-7H3,(H,31,32)/t15?,16-,17+,18-,19?,25?/m0/s1. The molecule has 0 aliphatic carbocycles. The molecule has 3 fully saturated rings. The number of nitrogens with zero attached hydrogens (tertiary/aromatic N) is 2. The summed E-state index contributed by atoms with van der Waals surface area (Å²) in [5.74, 6) is -2.78. The van der Waals surface area contributed by atoms with Gasteiger partial charge in [-0.3, -0.25) is 14.4 Å². The van der Waals surface area contributed by atoms with Gasteiger partial charge in [-0.05, 0) is 44.4 Å². The van der Waals surface area contributed by atoms with Crippen molar-refractivity contribution >= 4 is 29.5 Å². The fraction of sp³-hybridized carbons (Fsp3) is 0.800. The van der Waals surface area contributed by atoms with E-state index in [-0.39, 0.29) is 41.5 Å². The highest BCUT2D eigenvalue weighted by Gasteiger charge is 2.76. The third-order valence-corrected chi connectivity index (χ3v) is 9.67. The predicted molar refractivity (Wildman–Crippen MR) is 130 cm³/mol. The quantitative estimate of drug-likeness (QED) is 0.492. The number of carbonyl (C=O) groups is 3. The molecule has 2 N–H and O–H groups in total. The number of hydrogen-bond donors (Lipinski definition) is 2. The number of likely N-dealkylation sites (tertiary alicyclic amines) is 1. The highest BCUT2D eigenvalue weighted by atomic mass is 32.2. The van der Waals surface area contributed by atoms with E-state index in [0.717, 1.165) is 6.42 Å². The zero-order valence-corrected chi connectivity index (χ0v) is 21.7. The van der Waals surface area contributed by atoms with Crippen molar-refractivity contribution in [2.75, 3.05) is 19.7 Å². The van der Waals surface area contributed by atoms with E-state index in [2.05, 4.69) is 34.3 Å². The molecule has 0 aromatic heterocycles. The Morgan fingerprint density at radius 1 is 1.30 bits per heavy atom. The van der Waals surface area contributed by atoms with Crippen molar-refractivity contribution in [1.29, 1.82) is 0 Å². The maximum atomic E-state index is 14.4. The molecule has 3 heterocycles. The molecule has 0 aromatic carbocycles. The number of aliphatic carboxylic acids is 1. The second-order valence-electron chi connectivity index (χ2n) is 11.8. The van der Waals surface area contributed by atoms with Gasteiger partial charge in [0.1, 0.15) is 6.04 Å². The Labute approximate surface area is 202 Å². The van der Waals surface area contributed by atoms with Gasteiger partial charge in [0.25, 0.3) is 0 Å². The lowest BCUT2D eigenvalue weighted by molar-refractivity contribution is -0.149. The minimum atomic E-state index is -0.953. The largest absolute Gasteiger partial charge is 0.481 e. The molecule has 3 saturated heterocycles. The van der Waals surface area contributed by atoms with Gasteiger partial charge in [0.15, 0.2) is 0 Å². The van der Waals surface area contributed by atoms with Gasteiger partial charge in [-0.15, -0.1) is 18.3 Å². The van der Waals surface area contributed by atoms with Crippen LogP contribution in [0.3, 0.4) is 0 Å². The molecule has 2 bridgehead atoms. The van der Waals surface area contributed by atoms with Crippen molar-refractivity contribution in [3.63, 3.8) is 0 Å². The van der Waals surface area contributed by atoms with E-state index in [1.165, 1.54) is 0 Å². The molecule has 8 heteroatoms. The summed E-state index contributed by atoms with van der Waals surface area (Å²) in [6.45, 7) is 16.9. The average molecular weight is 481 g/mol. The van der Waals surface area contributed by atoms with E-state index in [1.54, 1.807) is 22.7 Å². The van der Waals surface area contributed by atoms with Gasteiger partial charge in [0.05, 0.1) is 16.6 Å². The Hall–Kier alpha value is -1.54. The Kier molecular flexibility index (Phi) is 7.04. The van der Waals surface area contributed by atoms with Gasteiger partial charge in [-0.1, -0.05) is 33.8 Å². The number of fused-ring (bicyclic) bond motifs is 1. The smallest absolute Gasteiger partial charge is 0.308 e. The van der Waals surface area contributed by atoms with Gasteiger partial charge < -0.3 is 20.0 Å². The van der Waals surface area contributed by atoms with E-state index in [9.17, 15) is 24.6 Å². The topological polar surface area (TPSA) is 98.2 Å². The molecule has 1 spiro atoms. The second kappa shape index (κ2) is 8.91. The fourth-order valence-electron chi connectivity index (χ4n) is 6.87. The zero-order chi connectivity index (χ0) is 24.9. The van der Waals surface area contributed by atoms with Crippen molar-refractivity contribution < 1.29 is 24.6 Å². The Morgan fingerprint density at radius 2 is 1.94 bits per heavy atom. The summed E-state index contributed by atoms with van der Waals surface area (Å²) in [5.41, 5.74) is -0.505. The number of rotatable bonds is 9. The van der Waals surface area contributed by atoms with E-state index in [1.807, 2.05) is 18.7 Å². The van der Waals surface area contributed by atoms with Crippen molar-refractivity contribution in [2.24, 2.45) is 23.2 Å². The first kappa shape index (κ1) is 26.1. The van der Waals surface area contributed by atoms with E-state index >= 15 is 0 Å². The molecule has 3 rings (SSSR count). The van der Waals surface area contributed by atoms with Crippen LogP contribution in [-0.4, -0.2) is 79.1 Å². The zero-order valence-electron chi connectivity index (χ0n) is 20.8. The number of aliphatic hydroxyl groups excluding tert-OH is 1. The maximum Gasteiger partial charge on any atom is 0.308 e. The average Bonchev–Trinajstić information content (AvgIpc) is 3.25. The summed E-state index contributed by atoms with van der Waals surface area (Å²) in [7, 11) is 0. The summed E-state index contributed by atoms with van der Waals surface area (Å²) in [4.78, 5) is 43.7. The number of carboxylic acids is 1. The molecule has 0 saturated carbocycles. The summed E-state index contributed by atoms with van der Waals surface area (Å²) in [6, 6.07) is -0.741. The number of aliphatic hydroxyl groups is 1. The SMILES string of the molecule is C=CCN(C(=O)C1N(CCCO)C(=O)[C@@H]2[C@H](C(=O)O)[C@@H]3CC(C)C12S3)C(C)(C)CC(C)(C)C. The lowest BCUT2D eigenvalue weighted by Crippen LogP contribution is -2.61. The van der Waals surface area contributed by atoms with E-state index in [0.29, 0.717) is 19.4 Å². The van der Waals surface area contributed by atoms with Crippen LogP contribution in [0.25, 0.3) is 0 Å². The number of carbonyl (C=O) groups excluding carboxylic acids is 2. The monoisotopic (exact) mass is 480 g/mol. The summed E-state index contributed by atoms with van der Waals surface area (Å²) >= 11 is 1.55. The number of thioether (sulfide) groups is 1. The normalized spacial score (nSPS) is 33.4. The van der Waals surface area contributed by atoms with Crippen LogP contribution in [0.1, 0.15) is 60.8 Å². The number of hydrogen-bond acceptors (Lipinski definition) is 5. The van der Waals surface area contributed by atoms with Crippen molar-refractivity contribution in [1.82, 2.24) is 9.80 Å². The maximum absolute atomic E-state index is 14.4. The highest BCUT2D eigenvalue weighted by Crippen LogP contribution is 2.68. The molecule has 7 nitrogen and oxygen atoms in total. The first-order chi connectivity index (χ1) is 15.2. The molecular formula is C25H40N2O5S. The fourth-order valence-corrected chi connectivity index (χ4v) is 9.28. The Bertz CT molecular complexity index is 822. The minimum Gasteiger partial charge on any atom is -0.481 e. The summed E-state index contributed by atoms with van der Waals surface area (Å²) in [5, 5.41) is 19.3. The summed E-state index contributed by atoms with van der Waals surface area (Å²) in [6.07, 6.45) is 3.52. The van der Waals surface area contributed by atoms with E-state index < -0.39 is 34.1 Å². The van der Waals surface area contributed by atoms with Gasteiger partial charge in [0.2, 0.25) is 11.8 Å². The lowest BCUT2D eigenvalue weighted by Gasteiger charge is -2.46. The molecule has 3 aliphatic rings. The molecule has 0 aromatic rings. The molecular weight excluding hydrogens is 440 g/mol. The van der Waals surface area contributed by atoms with Crippen LogP contribution in [0.15, 0.2) is 12.7 Å². The lowest BCUT2D eigenvalue weighted by atomic mass is 9.66. The molecule has 6 atom stereocenters. The summed E-state index contributed by atoms with van der Waals surface area (Å²) < 4.78 is -0.755. The van der Waals surface area contributed by atoms with Crippen LogP contribution in [0.2, 0.25) is 0 Å². The molecule has 33 heavy (non-hydrogen) atoms. The van der Waals surface area contributed by atoms with Crippen LogP contribution in [0, 0.1) is 23.2 Å². The van der Waals surface area contributed by atoms with Crippen molar-refractivity contribution in [3.05, 3.63) is 12.7 Å². The Balaban J connectivity index is 2.10.